The SMILES string of the molecule is CCC(CC)(c1ccccc1)C(O)Cc1cccnc1. The molecule has 0 radical (unpaired) electrons. The van der Waals surface area contributed by atoms with Crippen LogP contribution in [0.25, 0.3) is 0 Å². The maximum absolute atomic E-state index is 10.8. The van der Waals surface area contributed by atoms with E-state index in [0.29, 0.717) is 6.42 Å². The van der Waals surface area contributed by atoms with Crippen LogP contribution >= 0.6 is 0 Å². The Bertz CT molecular complexity index is 505. The minimum Gasteiger partial charge on any atom is -0.392 e. The van der Waals surface area contributed by atoms with E-state index >= 15 is 0 Å². The van der Waals surface area contributed by atoms with E-state index in [-0.39, 0.29) is 5.41 Å². The third-order valence-corrected chi connectivity index (χ3v) is 4.40. The summed E-state index contributed by atoms with van der Waals surface area (Å²) in [5, 5.41) is 10.8. The van der Waals surface area contributed by atoms with Crippen LogP contribution < -0.4 is 0 Å². The quantitative estimate of drug-likeness (QED) is 0.866. The summed E-state index contributed by atoms with van der Waals surface area (Å²) in [4.78, 5) is 4.13. The first-order valence-corrected chi connectivity index (χ1v) is 7.35. The Morgan fingerprint density at radius 3 is 2.30 bits per heavy atom. The van der Waals surface area contributed by atoms with Gasteiger partial charge in [-0.1, -0.05) is 50.2 Å². The van der Waals surface area contributed by atoms with Gasteiger partial charge in [-0.2, -0.15) is 0 Å². The highest BCUT2D eigenvalue weighted by Crippen LogP contribution is 2.36. The molecule has 0 saturated carbocycles. The molecular formula is C18H23NO. The van der Waals surface area contributed by atoms with Gasteiger partial charge in [0.2, 0.25) is 0 Å². The predicted octanol–water partition coefficient (Wildman–Crippen LogP) is 3.74. The number of aromatic nitrogens is 1. The van der Waals surface area contributed by atoms with Crippen LogP contribution in [0.2, 0.25) is 0 Å². The molecule has 1 aromatic heterocycles. The predicted molar refractivity (Wildman–Crippen MR) is 82.6 cm³/mol. The van der Waals surface area contributed by atoms with Crippen molar-refractivity contribution in [2.45, 2.75) is 44.6 Å². The van der Waals surface area contributed by atoms with Crippen molar-refractivity contribution in [2.75, 3.05) is 0 Å². The molecule has 0 fully saturated rings. The standard InChI is InChI=1S/C18H23NO/c1-3-18(4-2,16-10-6-5-7-11-16)17(20)13-15-9-8-12-19-14-15/h5-12,14,17,20H,3-4,13H2,1-2H3. The zero-order chi connectivity index (χ0) is 14.4. The van der Waals surface area contributed by atoms with Crippen LogP contribution in [0.5, 0.6) is 0 Å². The number of nitrogens with zero attached hydrogens (tertiary/aromatic N) is 1. The summed E-state index contributed by atoms with van der Waals surface area (Å²) in [5.41, 5.74) is 2.13. The van der Waals surface area contributed by atoms with Gasteiger partial charge in [-0.3, -0.25) is 4.98 Å². The minimum atomic E-state index is -0.399. The van der Waals surface area contributed by atoms with Crippen LogP contribution in [0.1, 0.15) is 37.8 Å². The van der Waals surface area contributed by atoms with Gasteiger partial charge >= 0.3 is 0 Å². The molecule has 0 spiro atoms. The maximum Gasteiger partial charge on any atom is 0.0677 e. The second kappa shape index (κ2) is 6.67. The number of benzene rings is 1. The van der Waals surface area contributed by atoms with Crippen LogP contribution in [0, 0.1) is 0 Å². The summed E-state index contributed by atoms with van der Waals surface area (Å²) in [5.74, 6) is 0. The molecule has 0 aliphatic rings. The van der Waals surface area contributed by atoms with Crippen molar-refractivity contribution in [3.8, 4) is 0 Å². The highest BCUT2D eigenvalue weighted by Gasteiger charge is 2.36. The Labute approximate surface area is 121 Å². The topological polar surface area (TPSA) is 33.1 Å². The van der Waals surface area contributed by atoms with Crippen LogP contribution in [0.3, 0.4) is 0 Å². The Morgan fingerprint density at radius 1 is 1.05 bits per heavy atom. The molecule has 0 saturated heterocycles. The molecule has 2 heteroatoms. The molecule has 0 amide bonds. The highest BCUT2D eigenvalue weighted by molar-refractivity contribution is 5.28. The molecule has 20 heavy (non-hydrogen) atoms. The summed E-state index contributed by atoms with van der Waals surface area (Å²) in [6, 6.07) is 14.3. The third-order valence-electron chi connectivity index (χ3n) is 4.40. The van der Waals surface area contributed by atoms with E-state index in [1.165, 1.54) is 5.56 Å². The van der Waals surface area contributed by atoms with Gasteiger partial charge in [0.25, 0.3) is 0 Å². The molecule has 0 bridgehead atoms. The third kappa shape index (κ3) is 2.91. The Balaban J connectivity index is 2.28. The molecule has 0 aliphatic heterocycles. The number of aliphatic hydroxyl groups excluding tert-OH is 1. The molecule has 0 aliphatic carbocycles. The fourth-order valence-electron chi connectivity index (χ4n) is 3.03. The molecule has 2 rings (SSSR count). The largest absolute Gasteiger partial charge is 0.392 e. The van der Waals surface area contributed by atoms with Crippen molar-refractivity contribution in [1.82, 2.24) is 4.98 Å². The van der Waals surface area contributed by atoms with Gasteiger partial charge in [-0.25, -0.2) is 0 Å². The van der Waals surface area contributed by atoms with E-state index in [1.54, 1.807) is 6.20 Å². The number of aliphatic hydroxyl groups is 1. The number of pyridine rings is 1. The first kappa shape index (κ1) is 14.7. The molecule has 1 atom stereocenters. The first-order valence-electron chi connectivity index (χ1n) is 7.35. The molecular weight excluding hydrogens is 246 g/mol. The van der Waals surface area contributed by atoms with Gasteiger partial charge in [0, 0.05) is 24.2 Å². The summed E-state index contributed by atoms with van der Waals surface area (Å²) in [6.45, 7) is 4.31. The summed E-state index contributed by atoms with van der Waals surface area (Å²) >= 11 is 0. The number of hydrogen-bond acceptors (Lipinski definition) is 2. The van der Waals surface area contributed by atoms with E-state index in [9.17, 15) is 5.11 Å². The average molecular weight is 269 g/mol. The van der Waals surface area contributed by atoms with Crippen LogP contribution in [0.4, 0.5) is 0 Å². The van der Waals surface area contributed by atoms with E-state index in [1.807, 2.05) is 36.5 Å². The fourth-order valence-corrected chi connectivity index (χ4v) is 3.03. The average Bonchev–Trinajstić information content (AvgIpc) is 2.51. The van der Waals surface area contributed by atoms with Gasteiger partial charge < -0.3 is 5.11 Å². The van der Waals surface area contributed by atoms with Gasteiger partial charge in [-0.05, 0) is 30.0 Å². The zero-order valence-electron chi connectivity index (χ0n) is 12.3. The summed E-state index contributed by atoms with van der Waals surface area (Å²) in [7, 11) is 0. The molecule has 106 valence electrons. The van der Waals surface area contributed by atoms with Gasteiger partial charge in [-0.15, -0.1) is 0 Å². The van der Waals surface area contributed by atoms with Crippen LogP contribution in [-0.4, -0.2) is 16.2 Å². The number of rotatable bonds is 6. The van der Waals surface area contributed by atoms with Crippen molar-refractivity contribution in [2.24, 2.45) is 0 Å². The first-order chi connectivity index (χ1) is 9.73. The van der Waals surface area contributed by atoms with Crippen molar-refractivity contribution < 1.29 is 5.11 Å². The lowest BCUT2D eigenvalue weighted by Crippen LogP contribution is -2.40. The molecule has 1 unspecified atom stereocenters. The summed E-state index contributed by atoms with van der Waals surface area (Å²) in [6.07, 6.45) is 5.70. The highest BCUT2D eigenvalue weighted by atomic mass is 16.3. The van der Waals surface area contributed by atoms with Crippen molar-refractivity contribution >= 4 is 0 Å². The molecule has 2 aromatic rings. The van der Waals surface area contributed by atoms with Crippen molar-refractivity contribution in [1.29, 1.82) is 0 Å². The van der Waals surface area contributed by atoms with Gasteiger partial charge in [0.05, 0.1) is 6.10 Å². The normalized spacial score (nSPS) is 13.2. The van der Waals surface area contributed by atoms with E-state index in [0.717, 1.165) is 18.4 Å². The second-order valence-electron chi connectivity index (χ2n) is 5.31. The van der Waals surface area contributed by atoms with Gasteiger partial charge in [0.15, 0.2) is 0 Å². The lowest BCUT2D eigenvalue weighted by Gasteiger charge is -2.37. The van der Waals surface area contributed by atoms with Crippen molar-refractivity contribution in [3.05, 3.63) is 66.0 Å². The fraction of sp³-hybridized carbons (Fsp3) is 0.389. The Hall–Kier alpha value is -1.67. The minimum absolute atomic E-state index is 0.183. The van der Waals surface area contributed by atoms with Crippen LogP contribution in [-0.2, 0) is 11.8 Å². The molecule has 1 aromatic carbocycles. The molecule has 1 heterocycles. The lowest BCUT2D eigenvalue weighted by atomic mass is 9.70. The monoisotopic (exact) mass is 269 g/mol. The van der Waals surface area contributed by atoms with Crippen LogP contribution in [0.15, 0.2) is 54.9 Å². The zero-order valence-corrected chi connectivity index (χ0v) is 12.3. The molecule has 1 N–H and O–H groups in total. The maximum atomic E-state index is 10.8. The Morgan fingerprint density at radius 2 is 1.75 bits per heavy atom. The van der Waals surface area contributed by atoms with E-state index in [4.69, 9.17) is 0 Å². The number of hydrogen-bond donors (Lipinski definition) is 1. The van der Waals surface area contributed by atoms with E-state index in [2.05, 4.69) is 31.0 Å². The smallest absolute Gasteiger partial charge is 0.0677 e. The van der Waals surface area contributed by atoms with Gasteiger partial charge in [0.1, 0.15) is 0 Å². The summed E-state index contributed by atoms with van der Waals surface area (Å²) < 4.78 is 0. The molecule has 2 nitrogen and oxygen atoms in total. The second-order valence-corrected chi connectivity index (χ2v) is 5.31. The Kier molecular flexibility index (Phi) is 4.91. The lowest BCUT2D eigenvalue weighted by molar-refractivity contribution is 0.0733. The van der Waals surface area contributed by atoms with E-state index < -0.39 is 6.10 Å². The van der Waals surface area contributed by atoms with Crippen molar-refractivity contribution in [3.63, 3.8) is 0 Å².